The highest BCUT2D eigenvalue weighted by atomic mass is 19.1. The van der Waals surface area contributed by atoms with Gasteiger partial charge in [0, 0.05) is 106 Å². The number of nitrogens with zero attached hydrogens (tertiary/aromatic N) is 2. The second-order valence-electron chi connectivity index (χ2n) is 16.2. The standard InChI is InChI=1S/2C24H26FN3O/c1-24(2,3)28-12-10-16(11-13-28)21-15-26-22-9-8-19(14-20(21)22)27-23(29)17-4-6-18(25)7-5-17;1-3-16(2)28-12-10-17(11-13-28)22-15-26-23-9-8-20(14-21(22)23)27-24(29)18-4-6-19(25)7-5-18/h4-10,14-15,26H,11-13H2,1-3H3,(H,27,29);4-10,14-16,26H,3,11-13H2,1-2H3,(H,27,29). The third-order valence-corrected chi connectivity index (χ3v) is 11.4. The first-order valence-electron chi connectivity index (χ1n) is 20.1. The number of carbonyl (C=O) groups is 2. The van der Waals surface area contributed by atoms with Crippen molar-refractivity contribution < 1.29 is 18.4 Å². The van der Waals surface area contributed by atoms with Crippen LogP contribution in [0.2, 0.25) is 0 Å². The maximum atomic E-state index is 13.1. The Kier molecular flexibility index (Phi) is 12.1. The molecule has 0 fully saturated rings. The number of benzene rings is 4. The zero-order valence-corrected chi connectivity index (χ0v) is 33.9. The van der Waals surface area contributed by atoms with Crippen LogP contribution in [0.3, 0.4) is 0 Å². The van der Waals surface area contributed by atoms with Gasteiger partial charge in [0.15, 0.2) is 0 Å². The summed E-state index contributed by atoms with van der Waals surface area (Å²) in [5.74, 6) is -1.21. The summed E-state index contributed by atoms with van der Waals surface area (Å²) in [6, 6.07) is 23.4. The number of hydrogen-bond donors (Lipinski definition) is 4. The molecule has 0 bridgehead atoms. The van der Waals surface area contributed by atoms with Crippen molar-refractivity contribution in [3.63, 3.8) is 0 Å². The summed E-state index contributed by atoms with van der Waals surface area (Å²) in [6.07, 6.45) is 11.9. The van der Waals surface area contributed by atoms with Crippen molar-refractivity contribution in [3.05, 3.63) is 143 Å². The normalized spacial score (nSPS) is 15.6. The Morgan fingerprint density at radius 1 is 0.690 bits per heavy atom. The predicted molar refractivity (Wildman–Crippen MR) is 233 cm³/mol. The SMILES string of the molecule is CC(C)(C)N1CC=C(c2c[nH]c3ccc(NC(=O)c4ccc(F)cc4)cc23)CC1.CCC(C)N1CC=C(c2c[nH]c3ccc(NC(=O)c4ccc(F)cc4)cc23)CC1. The van der Waals surface area contributed by atoms with Crippen LogP contribution >= 0.6 is 0 Å². The molecule has 300 valence electrons. The van der Waals surface area contributed by atoms with E-state index >= 15 is 0 Å². The Morgan fingerprint density at radius 3 is 1.55 bits per heavy atom. The number of rotatable bonds is 8. The van der Waals surface area contributed by atoms with E-state index in [2.05, 4.69) is 89.6 Å². The minimum absolute atomic E-state index is 0.167. The maximum Gasteiger partial charge on any atom is 0.255 e. The topological polar surface area (TPSA) is 96.3 Å². The van der Waals surface area contributed by atoms with E-state index in [1.807, 2.05) is 36.4 Å². The third-order valence-electron chi connectivity index (χ3n) is 11.4. The molecule has 6 aromatic rings. The average molecular weight is 783 g/mol. The van der Waals surface area contributed by atoms with Crippen molar-refractivity contribution >= 4 is 56.1 Å². The average Bonchev–Trinajstić information content (AvgIpc) is 3.85. The Labute approximate surface area is 339 Å². The molecule has 10 heteroatoms. The van der Waals surface area contributed by atoms with Crippen LogP contribution in [0.15, 0.2) is 109 Å². The molecule has 2 amide bonds. The highest BCUT2D eigenvalue weighted by Gasteiger charge is 2.24. The van der Waals surface area contributed by atoms with Gasteiger partial charge in [-0.05, 0) is 143 Å². The molecule has 0 radical (unpaired) electrons. The van der Waals surface area contributed by atoms with E-state index < -0.39 is 0 Å². The fourth-order valence-corrected chi connectivity index (χ4v) is 7.65. The van der Waals surface area contributed by atoms with Crippen LogP contribution in [-0.2, 0) is 0 Å². The summed E-state index contributed by atoms with van der Waals surface area (Å²) < 4.78 is 26.2. The van der Waals surface area contributed by atoms with Crippen molar-refractivity contribution in [2.45, 2.75) is 65.5 Å². The van der Waals surface area contributed by atoms with Crippen molar-refractivity contribution in [2.75, 3.05) is 36.8 Å². The lowest BCUT2D eigenvalue weighted by molar-refractivity contribution is 0.101. The summed E-state index contributed by atoms with van der Waals surface area (Å²) in [5, 5.41) is 8.03. The number of H-pyrrole nitrogens is 2. The largest absolute Gasteiger partial charge is 0.361 e. The lowest BCUT2D eigenvalue weighted by Crippen LogP contribution is -2.43. The van der Waals surface area contributed by atoms with E-state index in [-0.39, 0.29) is 29.0 Å². The molecule has 1 atom stereocenters. The maximum absolute atomic E-state index is 13.1. The van der Waals surface area contributed by atoms with Crippen molar-refractivity contribution in [1.29, 1.82) is 0 Å². The molecule has 8 nitrogen and oxygen atoms in total. The number of halogens is 2. The fourth-order valence-electron chi connectivity index (χ4n) is 7.65. The zero-order valence-electron chi connectivity index (χ0n) is 33.9. The van der Waals surface area contributed by atoms with Gasteiger partial charge in [0.2, 0.25) is 0 Å². The number of fused-ring (bicyclic) bond motifs is 2. The molecular weight excluding hydrogens is 731 g/mol. The van der Waals surface area contributed by atoms with Gasteiger partial charge in [0.1, 0.15) is 11.6 Å². The van der Waals surface area contributed by atoms with Crippen molar-refractivity contribution in [3.8, 4) is 0 Å². The highest BCUT2D eigenvalue weighted by molar-refractivity contribution is 6.07. The highest BCUT2D eigenvalue weighted by Crippen LogP contribution is 2.34. The molecule has 0 saturated carbocycles. The second-order valence-corrected chi connectivity index (χ2v) is 16.2. The van der Waals surface area contributed by atoms with Gasteiger partial charge in [0.05, 0.1) is 0 Å². The van der Waals surface area contributed by atoms with Crippen LogP contribution in [0.4, 0.5) is 20.2 Å². The van der Waals surface area contributed by atoms with Gasteiger partial charge in [-0.15, -0.1) is 0 Å². The molecule has 2 aliphatic heterocycles. The van der Waals surface area contributed by atoms with Crippen LogP contribution in [0, 0.1) is 11.6 Å². The first-order valence-corrected chi connectivity index (χ1v) is 20.1. The number of carbonyl (C=O) groups excluding carboxylic acids is 2. The number of aromatic nitrogens is 2. The van der Waals surface area contributed by atoms with Crippen LogP contribution in [-0.4, -0.2) is 69.3 Å². The summed E-state index contributed by atoms with van der Waals surface area (Å²) in [6.45, 7) is 15.2. The van der Waals surface area contributed by atoms with Crippen molar-refractivity contribution in [1.82, 2.24) is 19.8 Å². The lowest BCUT2D eigenvalue weighted by atomic mass is 9.95. The minimum Gasteiger partial charge on any atom is -0.361 e. The molecule has 4 N–H and O–H groups in total. The molecule has 2 aromatic heterocycles. The first kappa shape index (κ1) is 40.4. The Morgan fingerprint density at radius 2 is 1.16 bits per heavy atom. The number of amides is 2. The molecule has 58 heavy (non-hydrogen) atoms. The quantitative estimate of drug-likeness (QED) is 0.124. The molecule has 8 rings (SSSR count). The van der Waals surface area contributed by atoms with Gasteiger partial charge >= 0.3 is 0 Å². The third kappa shape index (κ3) is 9.30. The molecule has 2 aliphatic rings. The monoisotopic (exact) mass is 782 g/mol. The fraction of sp³-hybridized carbons (Fsp3) is 0.292. The molecule has 0 saturated heterocycles. The summed E-state index contributed by atoms with van der Waals surface area (Å²) >= 11 is 0. The number of hydrogen-bond acceptors (Lipinski definition) is 4. The van der Waals surface area contributed by atoms with Gasteiger partial charge in [-0.1, -0.05) is 19.1 Å². The Hall–Kier alpha value is -5.84. The second kappa shape index (κ2) is 17.3. The van der Waals surface area contributed by atoms with E-state index in [9.17, 15) is 18.4 Å². The summed E-state index contributed by atoms with van der Waals surface area (Å²) in [5.41, 5.74) is 9.62. The van der Waals surface area contributed by atoms with E-state index in [0.717, 1.165) is 78.6 Å². The minimum atomic E-state index is -0.356. The predicted octanol–water partition coefficient (Wildman–Crippen LogP) is 10.9. The molecule has 4 heterocycles. The zero-order chi connectivity index (χ0) is 41.0. The van der Waals surface area contributed by atoms with Gasteiger partial charge in [-0.2, -0.15) is 0 Å². The number of anilines is 2. The van der Waals surface area contributed by atoms with E-state index in [4.69, 9.17) is 0 Å². The molecular formula is C48H52F2N6O2. The first-order chi connectivity index (χ1) is 27.9. The number of nitrogens with one attached hydrogen (secondary N) is 4. The van der Waals surface area contributed by atoms with Crippen LogP contribution in [0.5, 0.6) is 0 Å². The molecule has 0 spiro atoms. The van der Waals surface area contributed by atoms with Gasteiger partial charge in [-0.25, -0.2) is 8.78 Å². The van der Waals surface area contributed by atoms with Crippen molar-refractivity contribution in [2.24, 2.45) is 0 Å². The summed E-state index contributed by atoms with van der Waals surface area (Å²) in [4.78, 5) is 36.6. The van der Waals surface area contributed by atoms with E-state index in [1.165, 1.54) is 70.8 Å². The van der Waals surface area contributed by atoms with Gasteiger partial charge in [-0.3, -0.25) is 19.4 Å². The summed E-state index contributed by atoms with van der Waals surface area (Å²) in [7, 11) is 0. The Bertz CT molecular complexity index is 2470. The van der Waals surface area contributed by atoms with E-state index in [0.29, 0.717) is 17.2 Å². The van der Waals surface area contributed by atoms with Crippen LogP contribution < -0.4 is 10.6 Å². The van der Waals surface area contributed by atoms with E-state index in [1.54, 1.807) is 0 Å². The van der Waals surface area contributed by atoms with Crippen LogP contribution in [0.1, 0.15) is 85.7 Å². The molecule has 1 unspecified atom stereocenters. The van der Waals surface area contributed by atoms with Crippen LogP contribution in [0.25, 0.3) is 33.0 Å². The van der Waals surface area contributed by atoms with Gasteiger partial charge < -0.3 is 20.6 Å². The molecule has 4 aromatic carbocycles. The molecule has 0 aliphatic carbocycles. The smallest absolute Gasteiger partial charge is 0.255 e. The number of aromatic amines is 2. The Balaban J connectivity index is 0.000000177. The van der Waals surface area contributed by atoms with Gasteiger partial charge in [0.25, 0.3) is 11.8 Å². The lowest BCUT2D eigenvalue weighted by Gasteiger charge is -2.37.